The van der Waals surface area contributed by atoms with Crippen molar-refractivity contribution in [2.45, 2.75) is 6.23 Å². The monoisotopic (exact) mass is 236 g/mol. The van der Waals surface area contributed by atoms with Crippen molar-refractivity contribution < 1.29 is 19.1 Å². The van der Waals surface area contributed by atoms with E-state index in [1.807, 2.05) is 0 Å². The zero-order valence-corrected chi connectivity index (χ0v) is 9.47. The van der Waals surface area contributed by atoms with Crippen molar-refractivity contribution in [2.24, 2.45) is 0 Å². The number of benzene rings is 1. The Bertz CT molecular complexity index is 443. The minimum atomic E-state index is -0.912. The zero-order valence-electron chi connectivity index (χ0n) is 9.47. The molecule has 1 unspecified atom stereocenters. The average Bonchev–Trinajstić information content (AvgIpc) is 2.66. The Morgan fingerprint density at radius 1 is 1.18 bits per heavy atom. The minimum absolute atomic E-state index is 0.559. The molecule has 1 amide bonds. The molecule has 17 heavy (non-hydrogen) atoms. The summed E-state index contributed by atoms with van der Waals surface area (Å²) in [6.45, 7) is 0. The van der Waals surface area contributed by atoms with Crippen molar-refractivity contribution in [2.75, 3.05) is 19.2 Å². The van der Waals surface area contributed by atoms with Crippen molar-refractivity contribution in [3.8, 4) is 5.75 Å². The van der Waals surface area contributed by atoms with Crippen molar-refractivity contribution >= 4 is 17.4 Å². The van der Waals surface area contributed by atoms with Gasteiger partial charge in [-0.3, -0.25) is 9.59 Å². The number of Topliss-reactive ketones (excluding diaryl/α,β-unsaturated/α-hetero) is 1. The van der Waals surface area contributed by atoms with Gasteiger partial charge in [-0.2, -0.15) is 5.43 Å². The maximum Gasteiger partial charge on any atom is 0.313 e. The Kier molecular flexibility index (Phi) is 3.08. The van der Waals surface area contributed by atoms with Gasteiger partial charge in [0, 0.05) is 7.11 Å². The van der Waals surface area contributed by atoms with E-state index in [1.54, 1.807) is 31.4 Å². The number of ketones is 1. The van der Waals surface area contributed by atoms with Crippen LogP contribution >= 0.6 is 0 Å². The largest absolute Gasteiger partial charge is 0.497 e. The fourth-order valence-corrected chi connectivity index (χ4v) is 1.54. The van der Waals surface area contributed by atoms with Gasteiger partial charge in [-0.15, -0.1) is 0 Å². The third-order valence-corrected chi connectivity index (χ3v) is 2.46. The van der Waals surface area contributed by atoms with Crippen LogP contribution in [0.1, 0.15) is 0 Å². The summed E-state index contributed by atoms with van der Waals surface area (Å²) in [5, 5.41) is 1.16. The van der Waals surface area contributed by atoms with Crippen molar-refractivity contribution in [3.63, 3.8) is 0 Å². The second kappa shape index (κ2) is 4.52. The van der Waals surface area contributed by atoms with E-state index in [-0.39, 0.29) is 0 Å². The number of nitrogens with zero attached hydrogens (tertiary/aromatic N) is 1. The number of anilines is 1. The van der Waals surface area contributed by atoms with Gasteiger partial charge in [0.25, 0.3) is 5.78 Å². The van der Waals surface area contributed by atoms with Crippen molar-refractivity contribution in [1.29, 1.82) is 0 Å². The van der Waals surface area contributed by atoms with Gasteiger partial charge in [0.05, 0.1) is 12.8 Å². The van der Waals surface area contributed by atoms with Crippen LogP contribution in [-0.4, -0.2) is 32.1 Å². The molecule has 0 saturated carbocycles. The minimum Gasteiger partial charge on any atom is -0.497 e. The molecule has 2 rings (SSSR count). The van der Waals surface area contributed by atoms with Gasteiger partial charge in [0.15, 0.2) is 6.23 Å². The fraction of sp³-hybridized carbons (Fsp3) is 0.273. The lowest BCUT2D eigenvalue weighted by Crippen LogP contribution is -2.38. The van der Waals surface area contributed by atoms with E-state index in [1.165, 1.54) is 7.11 Å². The number of hydrazine groups is 1. The van der Waals surface area contributed by atoms with Gasteiger partial charge >= 0.3 is 5.91 Å². The molecular formula is C11H12N2O4. The number of carbonyl (C=O) groups is 2. The van der Waals surface area contributed by atoms with Crippen LogP contribution in [0.5, 0.6) is 5.75 Å². The van der Waals surface area contributed by atoms with E-state index in [0.29, 0.717) is 11.4 Å². The topological polar surface area (TPSA) is 67.9 Å². The number of hydrogen-bond donors (Lipinski definition) is 1. The predicted octanol–water partition coefficient (Wildman–Crippen LogP) is 0.0880. The molecule has 1 saturated heterocycles. The number of hydrogen-bond acceptors (Lipinski definition) is 5. The zero-order chi connectivity index (χ0) is 12.4. The van der Waals surface area contributed by atoms with Crippen molar-refractivity contribution in [1.82, 2.24) is 5.43 Å². The van der Waals surface area contributed by atoms with E-state index in [2.05, 4.69) is 5.43 Å². The molecule has 6 heteroatoms. The number of methoxy groups -OCH3 is 2. The highest BCUT2D eigenvalue weighted by atomic mass is 16.5. The number of ether oxygens (including phenoxy) is 2. The molecule has 1 aromatic carbocycles. The Hall–Kier alpha value is -1.92. The maximum atomic E-state index is 11.6. The van der Waals surface area contributed by atoms with E-state index in [4.69, 9.17) is 9.47 Å². The summed E-state index contributed by atoms with van der Waals surface area (Å²) in [5.74, 6) is -0.569. The molecule has 0 spiro atoms. The SMILES string of the molecule is COc1ccc(N2NC(OC)C(=O)C2=O)cc1. The molecular weight excluding hydrogens is 224 g/mol. The molecule has 6 nitrogen and oxygen atoms in total. The van der Waals surface area contributed by atoms with E-state index >= 15 is 0 Å². The quantitative estimate of drug-likeness (QED) is 0.753. The second-order valence-corrected chi connectivity index (χ2v) is 3.45. The number of rotatable bonds is 3. The Morgan fingerprint density at radius 3 is 2.29 bits per heavy atom. The predicted molar refractivity (Wildman–Crippen MR) is 59.4 cm³/mol. The average molecular weight is 236 g/mol. The van der Waals surface area contributed by atoms with Gasteiger partial charge in [0.2, 0.25) is 0 Å². The summed E-state index contributed by atoms with van der Waals surface area (Å²) in [6.07, 6.45) is -0.912. The van der Waals surface area contributed by atoms with Crippen LogP contribution < -0.4 is 15.2 Å². The third kappa shape index (κ3) is 2.00. The summed E-state index contributed by atoms with van der Waals surface area (Å²) in [4.78, 5) is 23.1. The smallest absolute Gasteiger partial charge is 0.313 e. The molecule has 1 heterocycles. The highest BCUT2D eigenvalue weighted by Gasteiger charge is 2.39. The van der Waals surface area contributed by atoms with Crippen LogP contribution in [0.25, 0.3) is 0 Å². The summed E-state index contributed by atoms with van der Waals surface area (Å²) in [6, 6.07) is 6.76. The first-order valence-electron chi connectivity index (χ1n) is 4.98. The van der Waals surface area contributed by atoms with Crippen LogP contribution in [0.4, 0.5) is 5.69 Å². The highest BCUT2D eigenvalue weighted by molar-refractivity contribution is 6.44. The Balaban J connectivity index is 2.23. The molecule has 0 aromatic heterocycles. The molecule has 1 aliphatic heterocycles. The molecule has 1 aliphatic rings. The standard InChI is InChI=1S/C11H12N2O4/c1-16-8-5-3-7(4-6-8)13-11(15)9(14)10(12-13)17-2/h3-6,10,12H,1-2H3. The first kappa shape index (κ1) is 11.6. The van der Waals surface area contributed by atoms with Crippen LogP contribution in [0.15, 0.2) is 24.3 Å². The number of carbonyl (C=O) groups excluding carboxylic acids is 2. The molecule has 1 atom stereocenters. The molecule has 90 valence electrons. The number of amides is 1. The molecule has 1 fully saturated rings. The van der Waals surface area contributed by atoms with E-state index in [0.717, 1.165) is 5.01 Å². The molecule has 0 aliphatic carbocycles. The number of nitrogens with one attached hydrogen (secondary N) is 1. The lowest BCUT2D eigenvalue weighted by atomic mass is 10.3. The summed E-state index contributed by atoms with van der Waals surface area (Å²) in [7, 11) is 2.92. The molecule has 0 bridgehead atoms. The summed E-state index contributed by atoms with van der Waals surface area (Å²) >= 11 is 0. The summed E-state index contributed by atoms with van der Waals surface area (Å²) in [5.41, 5.74) is 3.22. The van der Waals surface area contributed by atoms with E-state index in [9.17, 15) is 9.59 Å². The normalized spacial score (nSPS) is 19.9. The summed E-state index contributed by atoms with van der Waals surface area (Å²) < 4.78 is 9.85. The lowest BCUT2D eigenvalue weighted by Gasteiger charge is -2.16. The van der Waals surface area contributed by atoms with Gasteiger partial charge < -0.3 is 9.47 Å². The first-order valence-corrected chi connectivity index (χ1v) is 4.98. The highest BCUT2D eigenvalue weighted by Crippen LogP contribution is 2.21. The second-order valence-electron chi connectivity index (χ2n) is 3.45. The molecule has 1 N–H and O–H groups in total. The van der Waals surface area contributed by atoms with Crippen LogP contribution in [-0.2, 0) is 14.3 Å². The van der Waals surface area contributed by atoms with Gasteiger partial charge in [0.1, 0.15) is 5.75 Å². The lowest BCUT2D eigenvalue weighted by molar-refractivity contribution is -0.138. The van der Waals surface area contributed by atoms with Gasteiger partial charge in [-0.05, 0) is 24.3 Å². The first-order chi connectivity index (χ1) is 8.17. The van der Waals surface area contributed by atoms with Crippen molar-refractivity contribution in [3.05, 3.63) is 24.3 Å². The van der Waals surface area contributed by atoms with Crippen LogP contribution in [0.2, 0.25) is 0 Å². The molecule has 0 radical (unpaired) electrons. The maximum absolute atomic E-state index is 11.6. The Labute approximate surface area is 98.1 Å². The van der Waals surface area contributed by atoms with Crippen LogP contribution in [0.3, 0.4) is 0 Å². The fourth-order valence-electron chi connectivity index (χ4n) is 1.54. The van der Waals surface area contributed by atoms with Gasteiger partial charge in [-0.25, -0.2) is 5.01 Å². The van der Waals surface area contributed by atoms with E-state index < -0.39 is 17.9 Å². The third-order valence-electron chi connectivity index (χ3n) is 2.46. The Morgan fingerprint density at radius 2 is 1.82 bits per heavy atom. The molecule has 1 aromatic rings. The van der Waals surface area contributed by atoms with Crippen LogP contribution in [0, 0.1) is 0 Å². The van der Waals surface area contributed by atoms with Gasteiger partial charge in [-0.1, -0.05) is 0 Å².